The molecule has 5 nitrogen and oxygen atoms in total. The van der Waals surface area contributed by atoms with Crippen LogP contribution in [0.3, 0.4) is 0 Å². The zero-order chi connectivity index (χ0) is 14.2. The van der Waals surface area contributed by atoms with Crippen LogP contribution in [0.5, 0.6) is 0 Å². The van der Waals surface area contributed by atoms with Crippen LogP contribution in [0.25, 0.3) is 0 Å². The Balaban J connectivity index is 2.19. The number of nitrogens with two attached hydrogens (primary N) is 1. The first-order chi connectivity index (χ1) is 8.81. The fourth-order valence-electron chi connectivity index (χ4n) is 1.87. The van der Waals surface area contributed by atoms with Gasteiger partial charge in [0.2, 0.25) is 10.0 Å². The van der Waals surface area contributed by atoms with Gasteiger partial charge in [-0.1, -0.05) is 0 Å². The van der Waals surface area contributed by atoms with Crippen LogP contribution in [-0.2, 0) is 10.0 Å². The Morgan fingerprint density at radius 1 is 1.53 bits per heavy atom. The van der Waals surface area contributed by atoms with Gasteiger partial charge in [-0.05, 0) is 37.8 Å². The second-order valence-corrected chi connectivity index (χ2v) is 6.62. The van der Waals surface area contributed by atoms with Crippen molar-refractivity contribution in [2.45, 2.75) is 30.8 Å². The smallest absolute Gasteiger partial charge is 0.241 e. The molecule has 7 heteroatoms. The lowest BCUT2D eigenvalue weighted by atomic mass is 10.2. The molecule has 2 rings (SSSR count). The van der Waals surface area contributed by atoms with E-state index in [-0.39, 0.29) is 28.6 Å². The fraction of sp³-hybridized carbons (Fsp3) is 0.500. The van der Waals surface area contributed by atoms with Gasteiger partial charge in [0.05, 0.1) is 11.0 Å². The van der Waals surface area contributed by atoms with Crippen LogP contribution in [0.4, 0.5) is 10.1 Å². The van der Waals surface area contributed by atoms with Crippen LogP contribution >= 0.6 is 0 Å². The molecule has 0 spiro atoms. The average Bonchev–Trinajstić information content (AvgIpc) is 3.14. The number of nitrogens with one attached hydrogen (secondary N) is 1. The highest BCUT2D eigenvalue weighted by atomic mass is 32.2. The topological polar surface area (TPSA) is 92.4 Å². The summed E-state index contributed by atoms with van der Waals surface area (Å²) >= 11 is 0. The van der Waals surface area contributed by atoms with E-state index in [0.29, 0.717) is 0 Å². The van der Waals surface area contributed by atoms with Crippen molar-refractivity contribution in [3.63, 3.8) is 0 Å². The van der Waals surface area contributed by atoms with Crippen LogP contribution in [0.15, 0.2) is 17.0 Å². The summed E-state index contributed by atoms with van der Waals surface area (Å²) in [4.78, 5) is -0.187. The number of nitrogen functional groups attached to an aromatic ring is 1. The molecule has 0 aromatic heterocycles. The molecule has 0 radical (unpaired) electrons. The summed E-state index contributed by atoms with van der Waals surface area (Å²) in [6, 6.07) is 2.29. The first kappa shape index (κ1) is 14.2. The van der Waals surface area contributed by atoms with Gasteiger partial charge < -0.3 is 10.8 Å². The molecule has 1 fully saturated rings. The van der Waals surface area contributed by atoms with Crippen molar-refractivity contribution in [3.8, 4) is 0 Å². The van der Waals surface area contributed by atoms with Crippen molar-refractivity contribution in [2.24, 2.45) is 5.92 Å². The fourth-order valence-corrected chi connectivity index (χ4v) is 3.21. The minimum Gasteiger partial charge on any atom is -0.399 e. The number of rotatable bonds is 5. The predicted octanol–water partition coefficient (Wildman–Crippen LogP) is 0.766. The molecule has 0 aliphatic heterocycles. The van der Waals surface area contributed by atoms with Gasteiger partial charge in [0, 0.05) is 17.8 Å². The summed E-state index contributed by atoms with van der Waals surface area (Å²) in [6.07, 6.45) is 1.13. The minimum absolute atomic E-state index is 0.0163. The Labute approximate surface area is 111 Å². The second kappa shape index (κ2) is 5.07. The Morgan fingerprint density at radius 3 is 2.74 bits per heavy atom. The third-order valence-electron chi connectivity index (χ3n) is 3.26. The molecule has 4 N–H and O–H groups in total. The van der Waals surface area contributed by atoms with Crippen molar-refractivity contribution >= 4 is 15.7 Å². The van der Waals surface area contributed by atoms with Crippen molar-refractivity contribution in [1.82, 2.24) is 4.72 Å². The number of benzene rings is 1. The van der Waals surface area contributed by atoms with E-state index >= 15 is 0 Å². The summed E-state index contributed by atoms with van der Waals surface area (Å²) in [6.45, 7) is 1.31. The molecule has 0 saturated heterocycles. The average molecular weight is 288 g/mol. The van der Waals surface area contributed by atoms with Crippen LogP contribution in [0.2, 0.25) is 0 Å². The maximum atomic E-state index is 13.5. The molecule has 1 atom stereocenters. The van der Waals surface area contributed by atoms with E-state index < -0.39 is 21.9 Å². The van der Waals surface area contributed by atoms with E-state index in [9.17, 15) is 17.9 Å². The number of hydrogen-bond acceptors (Lipinski definition) is 4. The molecule has 0 amide bonds. The molecular weight excluding hydrogens is 271 g/mol. The number of hydrogen-bond donors (Lipinski definition) is 3. The lowest BCUT2D eigenvalue weighted by Crippen LogP contribution is -2.33. The monoisotopic (exact) mass is 288 g/mol. The Morgan fingerprint density at radius 2 is 2.16 bits per heavy atom. The molecule has 19 heavy (non-hydrogen) atoms. The number of halogens is 1. The summed E-state index contributed by atoms with van der Waals surface area (Å²) < 4.78 is 39.9. The molecule has 1 aliphatic rings. The van der Waals surface area contributed by atoms with Crippen LogP contribution < -0.4 is 10.5 Å². The molecule has 1 aliphatic carbocycles. The van der Waals surface area contributed by atoms with E-state index in [0.717, 1.165) is 18.9 Å². The maximum absolute atomic E-state index is 13.5. The van der Waals surface area contributed by atoms with Crippen LogP contribution in [-0.4, -0.2) is 26.2 Å². The van der Waals surface area contributed by atoms with Gasteiger partial charge in [-0.2, -0.15) is 0 Å². The normalized spacial score (nSPS) is 17.4. The Kier molecular flexibility index (Phi) is 3.80. The lowest BCUT2D eigenvalue weighted by molar-refractivity contribution is 0.155. The van der Waals surface area contributed by atoms with E-state index in [4.69, 9.17) is 5.73 Å². The molecule has 1 unspecified atom stereocenters. The molecule has 0 bridgehead atoms. The van der Waals surface area contributed by atoms with Crippen molar-refractivity contribution in [2.75, 3.05) is 12.3 Å². The predicted molar refractivity (Wildman–Crippen MR) is 69.5 cm³/mol. The molecule has 106 valence electrons. The SMILES string of the molecule is Cc1c(F)cc(N)cc1S(=O)(=O)NCC(O)C1CC1. The third-order valence-corrected chi connectivity index (χ3v) is 4.81. The Bertz CT molecular complexity index is 585. The number of sulfonamides is 1. The van der Waals surface area contributed by atoms with Gasteiger partial charge in [-0.15, -0.1) is 0 Å². The molecule has 1 saturated carbocycles. The highest BCUT2D eigenvalue weighted by Gasteiger charge is 2.31. The van der Waals surface area contributed by atoms with E-state index in [1.165, 1.54) is 13.0 Å². The highest BCUT2D eigenvalue weighted by Crippen LogP contribution is 2.32. The van der Waals surface area contributed by atoms with Crippen LogP contribution in [0.1, 0.15) is 18.4 Å². The maximum Gasteiger partial charge on any atom is 0.241 e. The third kappa shape index (κ3) is 3.23. The van der Waals surface area contributed by atoms with Gasteiger partial charge in [0.1, 0.15) is 5.82 Å². The van der Waals surface area contributed by atoms with Crippen molar-refractivity contribution in [1.29, 1.82) is 0 Å². The molecule has 1 aromatic rings. The van der Waals surface area contributed by atoms with E-state index in [1.54, 1.807) is 0 Å². The van der Waals surface area contributed by atoms with E-state index in [2.05, 4.69) is 4.72 Å². The summed E-state index contributed by atoms with van der Waals surface area (Å²) in [5, 5.41) is 9.65. The summed E-state index contributed by atoms with van der Waals surface area (Å²) in [5.41, 5.74) is 5.52. The van der Waals surface area contributed by atoms with E-state index in [1.807, 2.05) is 0 Å². The first-order valence-electron chi connectivity index (χ1n) is 6.04. The molecular formula is C12H17FN2O3S. The largest absolute Gasteiger partial charge is 0.399 e. The standard InChI is InChI=1S/C12H17FN2O3S/c1-7-10(13)4-9(14)5-12(7)19(17,18)15-6-11(16)8-2-3-8/h4-5,8,11,15-16H,2-3,6,14H2,1H3. The lowest BCUT2D eigenvalue weighted by Gasteiger charge is -2.13. The summed E-state index contributed by atoms with van der Waals surface area (Å²) in [5.74, 6) is -0.496. The zero-order valence-corrected chi connectivity index (χ0v) is 11.4. The van der Waals surface area contributed by atoms with Gasteiger partial charge in [0.15, 0.2) is 0 Å². The molecule has 0 heterocycles. The quantitative estimate of drug-likeness (QED) is 0.698. The van der Waals surface area contributed by atoms with Gasteiger partial charge in [0.25, 0.3) is 0 Å². The van der Waals surface area contributed by atoms with Gasteiger partial charge in [-0.25, -0.2) is 17.5 Å². The molecule has 1 aromatic carbocycles. The van der Waals surface area contributed by atoms with Gasteiger partial charge >= 0.3 is 0 Å². The Hall–Kier alpha value is -1.18. The highest BCUT2D eigenvalue weighted by molar-refractivity contribution is 7.89. The zero-order valence-electron chi connectivity index (χ0n) is 10.6. The van der Waals surface area contributed by atoms with Crippen molar-refractivity contribution < 1.29 is 17.9 Å². The summed E-state index contributed by atoms with van der Waals surface area (Å²) in [7, 11) is -3.87. The van der Waals surface area contributed by atoms with Crippen molar-refractivity contribution in [3.05, 3.63) is 23.5 Å². The number of aliphatic hydroxyl groups excluding tert-OH is 1. The second-order valence-electron chi connectivity index (χ2n) is 4.88. The van der Waals surface area contributed by atoms with Crippen LogP contribution in [0, 0.1) is 18.7 Å². The first-order valence-corrected chi connectivity index (χ1v) is 7.53. The van der Waals surface area contributed by atoms with Gasteiger partial charge in [-0.3, -0.25) is 0 Å². The minimum atomic E-state index is -3.87. The number of anilines is 1. The number of aliphatic hydroxyl groups is 1.